The highest BCUT2D eigenvalue weighted by atomic mass is 16.5. The zero-order valence-corrected chi connectivity index (χ0v) is 28.0. The van der Waals surface area contributed by atoms with Gasteiger partial charge in [-0.15, -0.1) is 0 Å². The van der Waals surface area contributed by atoms with E-state index in [0.717, 1.165) is 32.1 Å². The molecule has 5 aliphatic rings. The molecule has 0 spiro atoms. The lowest BCUT2D eigenvalue weighted by Crippen LogP contribution is -2.67. The van der Waals surface area contributed by atoms with E-state index in [0.29, 0.717) is 41.8 Å². The molecule has 5 saturated carbocycles. The van der Waals surface area contributed by atoms with Crippen LogP contribution in [0, 0.1) is 56.7 Å². The Morgan fingerprint density at radius 2 is 1.66 bits per heavy atom. The Labute approximate surface area is 265 Å². The van der Waals surface area contributed by atoms with Crippen LogP contribution < -0.4 is 0 Å². The molecule has 242 valence electrons. The number of aliphatic hydroxyl groups is 1. The number of allylic oxidation sites excluding steroid dienone is 1. The van der Waals surface area contributed by atoms with Gasteiger partial charge >= 0.3 is 5.97 Å². The van der Waals surface area contributed by atoms with Gasteiger partial charge in [0.15, 0.2) is 11.5 Å². The van der Waals surface area contributed by atoms with Gasteiger partial charge in [0.1, 0.15) is 6.10 Å². The lowest BCUT2D eigenvalue weighted by Gasteiger charge is -2.73. The minimum absolute atomic E-state index is 0.0825. The normalized spacial score (nSPS) is 44.2. The van der Waals surface area contributed by atoms with Crippen LogP contribution in [0.25, 0.3) is 6.08 Å². The number of rotatable bonds is 5. The Balaban J connectivity index is 1.22. The molecule has 5 fully saturated rings. The molecule has 0 saturated heterocycles. The highest BCUT2D eigenvalue weighted by Gasteiger charge is 2.71. The number of hydrogen-bond acceptors (Lipinski definition) is 5. The SMILES string of the molecule is C=C(C)C1CCC2(CO)CC[C@@]3(C)C(CCC4[C@@]5(C)CCC(OC(=O)/C=C/c6ccc(O)c(O)c6)C(C)(C)C5CC[C@]43C)C12. The number of carbonyl (C=O) groups excluding carboxylic acids is 1. The van der Waals surface area contributed by atoms with Crippen molar-refractivity contribution in [2.24, 2.45) is 56.7 Å². The first-order valence-corrected chi connectivity index (χ1v) is 17.3. The van der Waals surface area contributed by atoms with Gasteiger partial charge in [-0.05, 0) is 146 Å². The molecule has 5 aliphatic carbocycles. The molecule has 6 rings (SSSR count). The third-order valence-corrected chi connectivity index (χ3v) is 15.2. The fourth-order valence-corrected chi connectivity index (χ4v) is 12.7. The van der Waals surface area contributed by atoms with Gasteiger partial charge in [0.25, 0.3) is 0 Å². The van der Waals surface area contributed by atoms with Crippen molar-refractivity contribution in [2.45, 2.75) is 112 Å². The summed E-state index contributed by atoms with van der Waals surface area (Å²) >= 11 is 0. The number of ether oxygens (including phenoxy) is 1. The van der Waals surface area contributed by atoms with E-state index in [1.807, 2.05) is 0 Å². The predicted molar refractivity (Wildman–Crippen MR) is 175 cm³/mol. The summed E-state index contributed by atoms with van der Waals surface area (Å²) in [5.41, 5.74) is 2.61. The minimum atomic E-state index is -0.355. The predicted octanol–water partition coefficient (Wildman–Crippen LogP) is 8.67. The van der Waals surface area contributed by atoms with Gasteiger partial charge in [-0.1, -0.05) is 52.8 Å². The van der Waals surface area contributed by atoms with Crippen molar-refractivity contribution in [1.29, 1.82) is 0 Å². The molecule has 5 heteroatoms. The quantitative estimate of drug-likeness (QED) is 0.135. The first-order valence-electron chi connectivity index (χ1n) is 17.3. The second kappa shape index (κ2) is 10.6. The number of aliphatic hydroxyl groups excluding tert-OH is 1. The number of fused-ring (bicyclic) bond motifs is 7. The lowest BCUT2D eigenvalue weighted by molar-refractivity contribution is -0.251. The Morgan fingerprint density at radius 1 is 0.909 bits per heavy atom. The monoisotopic (exact) mass is 604 g/mol. The van der Waals surface area contributed by atoms with E-state index in [-0.39, 0.29) is 50.6 Å². The van der Waals surface area contributed by atoms with Crippen LogP contribution >= 0.6 is 0 Å². The van der Waals surface area contributed by atoms with Crippen LogP contribution in [-0.4, -0.2) is 34.0 Å². The highest BCUT2D eigenvalue weighted by molar-refractivity contribution is 5.87. The summed E-state index contributed by atoms with van der Waals surface area (Å²) in [5.74, 6) is 2.10. The molecule has 0 aromatic heterocycles. The Kier molecular flexibility index (Phi) is 7.67. The Morgan fingerprint density at radius 3 is 2.34 bits per heavy atom. The van der Waals surface area contributed by atoms with Gasteiger partial charge in [-0.3, -0.25) is 0 Å². The van der Waals surface area contributed by atoms with Crippen LogP contribution in [0.3, 0.4) is 0 Å². The molecule has 0 radical (unpaired) electrons. The van der Waals surface area contributed by atoms with E-state index in [1.165, 1.54) is 55.9 Å². The summed E-state index contributed by atoms with van der Waals surface area (Å²) in [4.78, 5) is 13.0. The molecule has 5 nitrogen and oxygen atoms in total. The topological polar surface area (TPSA) is 87.0 Å². The highest BCUT2D eigenvalue weighted by Crippen LogP contribution is 2.77. The zero-order chi connectivity index (χ0) is 31.9. The van der Waals surface area contributed by atoms with Gasteiger partial charge in [-0.2, -0.15) is 0 Å². The van der Waals surface area contributed by atoms with Crippen LogP contribution in [0.2, 0.25) is 0 Å². The van der Waals surface area contributed by atoms with E-state index >= 15 is 0 Å². The van der Waals surface area contributed by atoms with Gasteiger partial charge < -0.3 is 20.1 Å². The summed E-state index contributed by atoms with van der Waals surface area (Å²) < 4.78 is 6.18. The molecule has 0 bridgehead atoms. The second-order valence-electron chi connectivity index (χ2n) is 17.1. The van der Waals surface area contributed by atoms with Crippen LogP contribution in [0.1, 0.15) is 111 Å². The fraction of sp³-hybridized carbons (Fsp3) is 0.718. The van der Waals surface area contributed by atoms with Gasteiger partial charge in [0, 0.05) is 18.1 Å². The lowest BCUT2D eigenvalue weighted by atomic mass is 9.32. The first kappa shape index (κ1) is 31.7. The van der Waals surface area contributed by atoms with E-state index in [4.69, 9.17) is 4.74 Å². The first-order chi connectivity index (χ1) is 20.6. The number of aromatic hydroxyl groups is 2. The van der Waals surface area contributed by atoms with Crippen molar-refractivity contribution in [3.63, 3.8) is 0 Å². The summed E-state index contributed by atoms with van der Waals surface area (Å²) in [6, 6.07) is 4.51. The molecule has 0 aliphatic heterocycles. The molecule has 0 amide bonds. The molecule has 1 aromatic rings. The number of phenols is 2. The maximum absolute atomic E-state index is 13.0. The van der Waals surface area contributed by atoms with Crippen molar-refractivity contribution in [3.8, 4) is 11.5 Å². The van der Waals surface area contributed by atoms with Crippen LogP contribution in [0.5, 0.6) is 11.5 Å². The van der Waals surface area contributed by atoms with Crippen LogP contribution in [0.15, 0.2) is 36.4 Å². The fourth-order valence-electron chi connectivity index (χ4n) is 12.7. The minimum Gasteiger partial charge on any atom is -0.504 e. The number of hydrogen-bond donors (Lipinski definition) is 3. The van der Waals surface area contributed by atoms with Crippen LogP contribution in [-0.2, 0) is 9.53 Å². The molecule has 0 heterocycles. The molecule has 10 atom stereocenters. The molecule has 1 aromatic carbocycles. The van der Waals surface area contributed by atoms with Gasteiger partial charge in [0.05, 0.1) is 0 Å². The van der Waals surface area contributed by atoms with E-state index in [2.05, 4.69) is 48.1 Å². The van der Waals surface area contributed by atoms with Crippen LogP contribution in [0.4, 0.5) is 0 Å². The molecule has 44 heavy (non-hydrogen) atoms. The summed E-state index contributed by atoms with van der Waals surface area (Å²) in [6.45, 7) is 19.5. The van der Waals surface area contributed by atoms with Crippen molar-refractivity contribution < 1.29 is 24.9 Å². The van der Waals surface area contributed by atoms with Gasteiger partial charge in [-0.25, -0.2) is 4.79 Å². The van der Waals surface area contributed by atoms with E-state index in [9.17, 15) is 20.1 Å². The second-order valence-corrected chi connectivity index (χ2v) is 17.1. The maximum Gasteiger partial charge on any atom is 0.331 e. The third kappa shape index (κ3) is 4.45. The smallest absolute Gasteiger partial charge is 0.331 e. The van der Waals surface area contributed by atoms with E-state index < -0.39 is 0 Å². The molecule has 3 N–H and O–H groups in total. The zero-order valence-electron chi connectivity index (χ0n) is 28.0. The maximum atomic E-state index is 13.0. The Bertz CT molecular complexity index is 1350. The molecular formula is C39H56O5. The summed E-state index contributed by atoms with van der Waals surface area (Å²) in [7, 11) is 0. The molecular weight excluding hydrogens is 548 g/mol. The average molecular weight is 605 g/mol. The van der Waals surface area contributed by atoms with Crippen molar-refractivity contribution in [2.75, 3.05) is 6.61 Å². The van der Waals surface area contributed by atoms with Crippen molar-refractivity contribution >= 4 is 12.0 Å². The van der Waals surface area contributed by atoms with E-state index in [1.54, 1.807) is 12.1 Å². The number of esters is 1. The van der Waals surface area contributed by atoms with Crippen molar-refractivity contribution in [1.82, 2.24) is 0 Å². The Hall–Kier alpha value is -2.27. The standard InChI is InChI=1S/C39H56O5/c1-24(2)26-14-19-39(23-40)21-20-37(6)27(34(26)39)10-12-31-36(5)17-16-32(35(3,4)30(36)15-18-38(31,37)7)44-33(43)13-9-25-8-11-28(41)29(42)22-25/h8-9,11,13,22,26-27,30-32,34,40-42H,1,10,12,14-21,23H2,2-7H3/b13-9+/t26?,27?,30?,31?,32?,34?,36-,37-,38+,39?/m0/s1. The third-order valence-electron chi connectivity index (χ3n) is 15.2. The summed E-state index contributed by atoms with van der Waals surface area (Å²) in [6.07, 6.45) is 14.5. The van der Waals surface area contributed by atoms with Gasteiger partial charge in [0.2, 0.25) is 0 Å². The number of benzene rings is 1. The van der Waals surface area contributed by atoms with Crippen molar-refractivity contribution in [3.05, 3.63) is 42.0 Å². The number of carbonyl (C=O) groups is 1. The average Bonchev–Trinajstić information content (AvgIpc) is 3.36. The summed E-state index contributed by atoms with van der Waals surface area (Å²) in [5, 5.41) is 30.2. The molecule has 7 unspecified atom stereocenters. The number of phenolic OH excluding ortho intramolecular Hbond substituents is 2. The largest absolute Gasteiger partial charge is 0.504 e.